The standard InChI is InChI=1S/C17H28O7/c1-2-3-4-5-6-7-8-9-10-13(20)23-16-14(21)17(22)24-15(16)12(19)11-18/h12,15-16,18-19H,2-11H2,1H3/t12-,15+,16?/m0/s1. The van der Waals surface area contributed by atoms with Crippen LogP contribution in [0, 0.1) is 0 Å². The van der Waals surface area contributed by atoms with Gasteiger partial charge in [0.15, 0.2) is 6.10 Å². The number of rotatable bonds is 12. The first-order chi connectivity index (χ1) is 11.5. The largest absolute Gasteiger partial charge is 0.450 e. The van der Waals surface area contributed by atoms with E-state index in [1.165, 1.54) is 25.7 Å². The first-order valence-corrected chi connectivity index (χ1v) is 8.74. The van der Waals surface area contributed by atoms with E-state index in [4.69, 9.17) is 9.84 Å². The van der Waals surface area contributed by atoms with Gasteiger partial charge < -0.3 is 19.7 Å². The number of aliphatic hydroxyl groups is 2. The quantitative estimate of drug-likeness (QED) is 0.312. The average molecular weight is 344 g/mol. The van der Waals surface area contributed by atoms with E-state index in [2.05, 4.69) is 11.7 Å². The fourth-order valence-corrected chi connectivity index (χ4v) is 2.62. The number of carbonyl (C=O) groups excluding carboxylic acids is 3. The summed E-state index contributed by atoms with van der Waals surface area (Å²) in [6.07, 6.45) is 4.53. The van der Waals surface area contributed by atoms with Crippen molar-refractivity contribution < 1.29 is 34.1 Å². The van der Waals surface area contributed by atoms with Crippen LogP contribution in [0.3, 0.4) is 0 Å². The van der Waals surface area contributed by atoms with Gasteiger partial charge in [0.05, 0.1) is 6.61 Å². The lowest BCUT2D eigenvalue weighted by atomic mass is 10.1. The highest BCUT2D eigenvalue weighted by molar-refractivity contribution is 6.37. The lowest BCUT2D eigenvalue weighted by molar-refractivity contribution is -0.160. The minimum atomic E-state index is -1.47. The van der Waals surface area contributed by atoms with Crippen LogP contribution in [0.4, 0.5) is 0 Å². The van der Waals surface area contributed by atoms with E-state index in [-0.39, 0.29) is 6.42 Å². The molecule has 0 aromatic heterocycles. The molecular formula is C17H28O7. The summed E-state index contributed by atoms with van der Waals surface area (Å²) in [6.45, 7) is 1.47. The minimum absolute atomic E-state index is 0.148. The first kappa shape index (κ1) is 20.6. The van der Waals surface area contributed by atoms with Crippen LogP contribution in [0.5, 0.6) is 0 Å². The van der Waals surface area contributed by atoms with E-state index in [9.17, 15) is 19.5 Å². The molecule has 1 saturated heterocycles. The Bertz CT molecular complexity index is 421. The number of unbranched alkanes of at least 4 members (excludes halogenated alkanes) is 7. The topological polar surface area (TPSA) is 110 Å². The van der Waals surface area contributed by atoms with Gasteiger partial charge in [-0.3, -0.25) is 9.59 Å². The third-order valence-corrected chi connectivity index (χ3v) is 4.06. The fourth-order valence-electron chi connectivity index (χ4n) is 2.62. The van der Waals surface area contributed by atoms with E-state index in [0.29, 0.717) is 6.42 Å². The van der Waals surface area contributed by atoms with Crippen molar-refractivity contribution >= 4 is 17.7 Å². The molecule has 1 aliphatic rings. The Morgan fingerprint density at radius 1 is 1.12 bits per heavy atom. The molecule has 1 rings (SSSR count). The lowest BCUT2D eigenvalue weighted by Crippen LogP contribution is -2.41. The summed E-state index contributed by atoms with van der Waals surface area (Å²) in [5.74, 6) is -2.76. The van der Waals surface area contributed by atoms with E-state index < -0.39 is 42.6 Å². The smallest absolute Gasteiger partial charge is 0.379 e. The molecular weight excluding hydrogens is 316 g/mol. The summed E-state index contributed by atoms with van der Waals surface area (Å²) in [6, 6.07) is 0. The molecule has 2 N–H and O–H groups in total. The van der Waals surface area contributed by atoms with Crippen LogP contribution >= 0.6 is 0 Å². The molecule has 0 aliphatic carbocycles. The molecule has 1 fully saturated rings. The molecule has 0 spiro atoms. The summed E-state index contributed by atoms with van der Waals surface area (Å²) in [4.78, 5) is 34.7. The van der Waals surface area contributed by atoms with Gasteiger partial charge in [-0.1, -0.05) is 51.9 Å². The summed E-state index contributed by atoms with van der Waals surface area (Å²) in [7, 11) is 0. The molecule has 0 amide bonds. The molecule has 0 bridgehead atoms. The van der Waals surface area contributed by atoms with Crippen molar-refractivity contribution in [2.75, 3.05) is 6.61 Å². The van der Waals surface area contributed by atoms with Crippen LogP contribution in [-0.2, 0) is 23.9 Å². The number of hydrogen-bond donors (Lipinski definition) is 2. The highest BCUT2D eigenvalue weighted by Crippen LogP contribution is 2.20. The molecule has 1 aliphatic heterocycles. The number of hydrogen-bond acceptors (Lipinski definition) is 7. The van der Waals surface area contributed by atoms with Gasteiger partial charge >= 0.3 is 11.9 Å². The van der Waals surface area contributed by atoms with Gasteiger partial charge in [0.2, 0.25) is 6.10 Å². The van der Waals surface area contributed by atoms with Crippen molar-refractivity contribution in [1.82, 2.24) is 0 Å². The Kier molecular flexibility index (Phi) is 9.56. The Labute approximate surface area is 142 Å². The van der Waals surface area contributed by atoms with E-state index in [1.54, 1.807) is 0 Å². The molecule has 1 heterocycles. The first-order valence-electron chi connectivity index (χ1n) is 8.74. The van der Waals surface area contributed by atoms with Crippen LogP contribution < -0.4 is 0 Å². The molecule has 7 nitrogen and oxygen atoms in total. The van der Waals surface area contributed by atoms with Crippen LogP contribution in [0.1, 0.15) is 64.7 Å². The highest BCUT2D eigenvalue weighted by Gasteiger charge is 2.49. The monoisotopic (exact) mass is 344 g/mol. The predicted octanol–water partition coefficient (Wildman–Crippen LogP) is 1.28. The minimum Gasteiger partial charge on any atom is -0.450 e. The normalized spacial score (nSPS) is 21.6. The van der Waals surface area contributed by atoms with Gasteiger partial charge in [-0.2, -0.15) is 0 Å². The number of ether oxygens (including phenoxy) is 2. The zero-order valence-corrected chi connectivity index (χ0v) is 14.2. The van der Waals surface area contributed by atoms with Gasteiger partial charge in [-0.15, -0.1) is 0 Å². The maximum absolute atomic E-state index is 11.8. The number of aliphatic hydroxyl groups excluding tert-OH is 2. The van der Waals surface area contributed by atoms with Crippen LogP contribution in [0.25, 0.3) is 0 Å². The van der Waals surface area contributed by atoms with Crippen molar-refractivity contribution in [1.29, 1.82) is 0 Å². The second-order valence-corrected chi connectivity index (χ2v) is 6.12. The molecule has 1 unspecified atom stereocenters. The van der Waals surface area contributed by atoms with E-state index in [0.717, 1.165) is 19.3 Å². The zero-order chi connectivity index (χ0) is 17.9. The number of cyclic esters (lactones) is 1. The molecule has 0 radical (unpaired) electrons. The van der Waals surface area contributed by atoms with Gasteiger partial charge in [-0.25, -0.2) is 4.79 Å². The van der Waals surface area contributed by atoms with Crippen molar-refractivity contribution in [2.24, 2.45) is 0 Å². The maximum Gasteiger partial charge on any atom is 0.379 e. The van der Waals surface area contributed by atoms with Crippen LogP contribution in [-0.4, -0.2) is 52.9 Å². The highest BCUT2D eigenvalue weighted by atomic mass is 16.6. The summed E-state index contributed by atoms with van der Waals surface area (Å²) in [5, 5.41) is 18.4. The van der Waals surface area contributed by atoms with Gasteiger partial charge in [-0.05, 0) is 6.42 Å². The Balaban J connectivity index is 2.25. The predicted molar refractivity (Wildman–Crippen MR) is 85.1 cm³/mol. The maximum atomic E-state index is 11.8. The summed E-state index contributed by atoms with van der Waals surface area (Å²) < 4.78 is 9.64. The summed E-state index contributed by atoms with van der Waals surface area (Å²) in [5.41, 5.74) is 0. The van der Waals surface area contributed by atoms with Gasteiger partial charge in [0.1, 0.15) is 6.10 Å². The zero-order valence-electron chi connectivity index (χ0n) is 14.2. The number of carbonyl (C=O) groups is 3. The number of ketones is 1. The third kappa shape index (κ3) is 6.57. The SMILES string of the molecule is CCCCCCCCCCC(=O)OC1C(=O)C(=O)O[C@@H]1[C@@H](O)CO. The van der Waals surface area contributed by atoms with Crippen molar-refractivity contribution in [3.05, 3.63) is 0 Å². The fraction of sp³-hybridized carbons (Fsp3) is 0.824. The van der Waals surface area contributed by atoms with Crippen molar-refractivity contribution in [2.45, 2.75) is 83.0 Å². The molecule has 0 aromatic rings. The third-order valence-electron chi connectivity index (χ3n) is 4.06. The van der Waals surface area contributed by atoms with Crippen molar-refractivity contribution in [3.8, 4) is 0 Å². The Morgan fingerprint density at radius 2 is 1.71 bits per heavy atom. The molecule has 138 valence electrons. The lowest BCUT2D eigenvalue weighted by Gasteiger charge is -2.20. The number of esters is 2. The Morgan fingerprint density at radius 3 is 2.29 bits per heavy atom. The molecule has 0 saturated carbocycles. The average Bonchev–Trinajstić information content (AvgIpc) is 2.85. The van der Waals surface area contributed by atoms with Crippen LogP contribution in [0.15, 0.2) is 0 Å². The molecule has 3 atom stereocenters. The summed E-state index contributed by atoms with van der Waals surface area (Å²) >= 11 is 0. The van der Waals surface area contributed by atoms with Crippen LogP contribution in [0.2, 0.25) is 0 Å². The van der Waals surface area contributed by atoms with Gasteiger partial charge in [0.25, 0.3) is 5.78 Å². The number of Topliss-reactive ketones (excluding diaryl/α,β-unsaturated/α-hetero) is 1. The van der Waals surface area contributed by atoms with Crippen molar-refractivity contribution in [3.63, 3.8) is 0 Å². The molecule has 0 aromatic carbocycles. The van der Waals surface area contributed by atoms with Gasteiger partial charge in [0, 0.05) is 6.42 Å². The second-order valence-electron chi connectivity index (χ2n) is 6.12. The van der Waals surface area contributed by atoms with E-state index >= 15 is 0 Å². The second kappa shape index (κ2) is 11.1. The van der Waals surface area contributed by atoms with E-state index in [1.807, 2.05) is 0 Å². The Hall–Kier alpha value is -1.47. The molecule has 24 heavy (non-hydrogen) atoms. The molecule has 7 heteroatoms.